The molecule has 0 unspecified atom stereocenters. The highest BCUT2D eigenvalue weighted by Crippen LogP contribution is 2.29. The summed E-state index contributed by atoms with van der Waals surface area (Å²) in [5.41, 5.74) is 0.127. The summed E-state index contributed by atoms with van der Waals surface area (Å²) in [6.45, 7) is 0. The average Bonchev–Trinajstić information content (AvgIpc) is 2.51. The van der Waals surface area contributed by atoms with Gasteiger partial charge in [0.15, 0.2) is 5.82 Å². The summed E-state index contributed by atoms with van der Waals surface area (Å²) in [7, 11) is 0. The zero-order chi connectivity index (χ0) is 10.1. The van der Waals surface area contributed by atoms with Crippen LogP contribution in [0.5, 0.6) is 0 Å². The first kappa shape index (κ1) is 9.73. The molecular formula is C9H3BrF2NS. The van der Waals surface area contributed by atoms with Gasteiger partial charge in [-0.25, -0.2) is 13.8 Å². The molecule has 0 aliphatic carbocycles. The van der Waals surface area contributed by atoms with Crippen molar-refractivity contribution in [2.75, 3.05) is 0 Å². The van der Waals surface area contributed by atoms with Crippen molar-refractivity contribution < 1.29 is 8.78 Å². The highest BCUT2D eigenvalue weighted by Gasteiger charge is 2.10. The van der Waals surface area contributed by atoms with E-state index in [2.05, 4.69) is 27.0 Å². The number of rotatable bonds is 1. The van der Waals surface area contributed by atoms with Gasteiger partial charge in [0.05, 0.1) is 11.1 Å². The van der Waals surface area contributed by atoms with Crippen LogP contribution >= 0.6 is 27.3 Å². The Hall–Kier alpha value is -0.810. The summed E-state index contributed by atoms with van der Waals surface area (Å²) in [5.74, 6) is -1.35. The van der Waals surface area contributed by atoms with Crippen LogP contribution in [0.1, 0.15) is 0 Å². The minimum absolute atomic E-state index is 0.127. The van der Waals surface area contributed by atoms with Crippen LogP contribution in [0.4, 0.5) is 8.78 Å². The average molecular weight is 275 g/mol. The van der Waals surface area contributed by atoms with Crippen LogP contribution in [0.25, 0.3) is 10.6 Å². The van der Waals surface area contributed by atoms with E-state index in [0.717, 1.165) is 16.7 Å². The maximum absolute atomic E-state index is 13.2. The highest BCUT2D eigenvalue weighted by molar-refractivity contribution is 9.10. The third kappa shape index (κ3) is 1.83. The quantitative estimate of drug-likeness (QED) is 0.774. The molecule has 1 radical (unpaired) electrons. The van der Waals surface area contributed by atoms with Crippen molar-refractivity contribution in [3.05, 3.63) is 39.8 Å². The SMILES string of the molecule is Fc1cnc(-c2[c]c(Br)cs2)c(F)c1. The Balaban J connectivity index is 2.52. The van der Waals surface area contributed by atoms with Crippen LogP contribution in [-0.2, 0) is 0 Å². The predicted octanol–water partition coefficient (Wildman–Crippen LogP) is 3.65. The van der Waals surface area contributed by atoms with Crippen molar-refractivity contribution in [3.8, 4) is 10.6 Å². The zero-order valence-electron chi connectivity index (χ0n) is 6.72. The van der Waals surface area contributed by atoms with Crippen molar-refractivity contribution in [1.29, 1.82) is 0 Å². The van der Waals surface area contributed by atoms with Crippen LogP contribution in [0.2, 0.25) is 0 Å². The molecule has 0 N–H and O–H groups in total. The fourth-order valence-corrected chi connectivity index (χ4v) is 2.30. The second kappa shape index (κ2) is 3.74. The van der Waals surface area contributed by atoms with E-state index < -0.39 is 11.6 Å². The standard InChI is InChI=1S/C9H3BrF2NS/c10-5-1-8(14-4-5)9-7(12)2-6(11)3-13-9/h2-4H. The lowest BCUT2D eigenvalue weighted by Crippen LogP contribution is -1.88. The molecule has 0 saturated carbocycles. The second-order valence-corrected chi connectivity index (χ2v) is 4.26. The molecule has 0 atom stereocenters. The number of halogens is 3. The number of hydrogen-bond acceptors (Lipinski definition) is 2. The van der Waals surface area contributed by atoms with Crippen molar-refractivity contribution in [2.45, 2.75) is 0 Å². The van der Waals surface area contributed by atoms with Gasteiger partial charge in [0.25, 0.3) is 0 Å². The van der Waals surface area contributed by atoms with Gasteiger partial charge in [0, 0.05) is 22.0 Å². The smallest absolute Gasteiger partial charge is 0.153 e. The number of nitrogens with zero attached hydrogens (tertiary/aromatic N) is 1. The van der Waals surface area contributed by atoms with Crippen LogP contribution < -0.4 is 0 Å². The molecule has 2 aromatic rings. The maximum Gasteiger partial charge on any atom is 0.153 e. The fourth-order valence-electron chi connectivity index (χ4n) is 0.975. The van der Waals surface area contributed by atoms with Gasteiger partial charge in [0.1, 0.15) is 11.5 Å². The Bertz CT molecular complexity index is 470. The Morgan fingerprint density at radius 3 is 2.79 bits per heavy atom. The molecule has 2 heterocycles. The molecule has 0 amide bonds. The molecule has 2 aromatic heterocycles. The molecule has 0 aromatic carbocycles. The van der Waals surface area contributed by atoms with E-state index in [4.69, 9.17) is 0 Å². The monoisotopic (exact) mass is 274 g/mol. The Labute approximate surface area is 91.5 Å². The Kier molecular flexibility index (Phi) is 2.60. The minimum Gasteiger partial charge on any atom is -0.249 e. The summed E-state index contributed by atoms with van der Waals surface area (Å²) in [6, 6.07) is 3.67. The van der Waals surface area contributed by atoms with Gasteiger partial charge < -0.3 is 0 Å². The molecule has 71 valence electrons. The van der Waals surface area contributed by atoms with Crippen LogP contribution in [0, 0.1) is 17.7 Å². The van der Waals surface area contributed by atoms with Crippen molar-refractivity contribution in [2.24, 2.45) is 0 Å². The first-order valence-corrected chi connectivity index (χ1v) is 5.32. The molecule has 0 bridgehead atoms. The minimum atomic E-state index is -0.679. The van der Waals surface area contributed by atoms with Gasteiger partial charge in [-0.3, -0.25) is 0 Å². The maximum atomic E-state index is 13.2. The topological polar surface area (TPSA) is 12.9 Å². The molecule has 14 heavy (non-hydrogen) atoms. The number of aromatic nitrogens is 1. The van der Waals surface area contributed by atoms with E-state index in [-0.39, 0.29) is 5.69 Å². The van der Waals surface area contributed by atoms with Crippen molar-refractivity contribution in [3.63, 3.8) is 0 Å². The van der Waals surface area contributed by atoms with Gasteiger partial charge in [-0.1, -0.05) is 0 Å². The molecule has 0 fully saturated rings. The van der Waals surface area contributed by atoms with Crippen LogP contribution in [0.3, 0.4) is 0 Å². The fraction of sp³-hybridized carbons (Fsp3) is 0. The molecule has 0 saturated heterocycles. The molecule has 1 nitrogen and oxygen atoms in total. The normalized spacial score (nSPS) is 10.5. The predicted molar refractivity (Wildman–Crippen MR) is 54.0 cm³/mol. The van der Waals surface area contributed by atoms with E-state index in [1.807, 2.05) is 0 Å². The molecule has 2 rings (SSSR count). The van der Waals surface area contributed by atoms with Gasteiger partial charge in [-0.15, -0.1) is 11.3 Å². The zero-order valence-corrected chi connectivity index (χ0v) is 9.12. The summed E-state index contributed by atoms with van der Waals surface area (Å²) in [5, 5.41) is 1.76. The molecule has 0 aliphatic heterocycles. The Morgan fingerprint density at radius 1 is 1.43 bits per heavy atom. The molecule has 0 spiro atoms. The third-order valence-electron chi connectivity index (χ3n) is 1.54. The van der Waals surface area contributed by atoms with Crippen molar-refractivity contribution >= 4 is 27.3 Å². The van der Waals surface area contributed by atoms with E-state index in [9.17, 15) is 8.78 Å². The van der Waals surface area contributed by atoms with Gasteiger partial charge >= 0.3 is 0 Å². The summed E-state index contributed by atoms with van der Waals surface area (Å²) in [4.78, 5) is 4.22. The highest BCUT2D eigenvalue weighted by atomic mass is 79.9. The van der Waals surface area contributed by atoms with E-state index in [1.54, 1.807) is 5.38 Å². The summed E-state index contributed by atoms with van der Waals surface area (Å²) in [6.07, 6.45) is 0.986. The molecule has 0 aliphatic rings. The first-order chi connectivity index (χ1) is 6.66. The second-order valence-electron chi connectivity index (χ2n) is 2.52. The lowest BCUT2D eigenvalue weighted by atomic mass is 10.3. The van der Waals surface area contributed by atoms with E-state index in [0.29, 0.717) is 4.88 Å². The molecule has 5 heteroatoms. The Morgan fingerprint density at radius 2 is 2.21 bits per heavy atom. The lowest BCUT2D eigenvalue weighted by Gasteiger charge is -1.97. The summed E-state index contributed by atoms with van der Waals surface area (Å²) >= 11 is 4.49. The van der Waals surface area contributed by atoms with E-state index in [1.165, 1.54) is 11.3 Å². The number of thiophene rings is 1. The first-order valence-electron chi connectivity index (χ1n) is 3.64. The van der Waals surface area contributed by atoms with Gasteiger partial charge in [-0.2, -0.15) is 0 Å². The molecular weight excluding hydrogens is 272 g/mol. The van der Waals surface area contributed by atoms with E-state index >= 15 is 0 Å². The number of hydrogen-bond donors (Lipinski definition) is 0. The third-order valence-corrected chi connectivity index (χ3v) is 3.15. The van der Waals surface area contributed by atoms with Crippen molar-refractivity contribution in [1.82, 2.24) is 4.98 Å². The summed E-state index contributed by atoms with van der Waals surface area (Å²) < 4.78 is 26.5. The van der Waals surface area contributed by atoms with Gasteiger partial charge in [-0.05, 0) is 15.9 Å². The van der Waals surface area contributed by atoms with Crippen LogP contribution in [-0.4, -0.2) is 4.98 Å². The number of pyridine rings is 1. The largest absolute Gasteiger partial charge is 0.249 e. The lowest BCUT2D eigenvalue weighted by molar-refractivity contribution is 0.576. The van der Waals surface area contributed by atoms with Crippen LogP contribution in [0.15, 0.2) is 22.1 Å². The van der Waals surface area contributed by atoms with Gasteiger partial charge in [0.2, 0.25) is 0 Å².